The largest absolute Gasteiger partial charge is 0.308 e. The maximum atomic E-state index is 5.33. The Morgan fingerprint density at radius 3 is 2.00 bits per heavy atom. The number of benzene rings is 7. The van der Waals surface area contributed by atoms with Gasteiger partial charge in [-0.25, -0.2) is 15.0 Å². The van der Waals surface area contributed by atoms with Crippen LogP contribution >= 0.6 is 11.3 Å². The van der Waals surface area contributed by atoms with Gasteiger partial charge in [0.25, 0.3) is 0 Å². The molecule has 0 aliphatic heterocycles. The van der Waals surface area contributed by atoms with Crippen molar-refractivity contribution >= 4 is 87.9 Å². The molecule has 5 nitrogen and oxygen atoms in total. The van der Waals surface area contributed by atoms with Gasteiger partial charge in [-0.1, -0.05) is 97.1 Å². The third-order valence-corrected chi connectivity index (χ3v) is 10.9. The molecule has 0 bridgehead atoms. The number of rotatable bonds is 5. The molecule has 0 saturated carbocycles. The normalized spacial score (nSPS) is 11.9. The van der Waals surface area contributed by atoms with Gasteiger partial charge in [0.1, 0.15) is 0 Å². The zero-order valence-electron chi connectivity index (χ0n) is 27.2. The van der Waals surface area contributed by atoms with Gasteiger partial charge in [-0.3, -0.25) is 4.90 Å². The van der Waals surface area contributed by atoms with Crippen LogP contribution in [0.25, 0.3) is 81.6 Å². The summed E-state index contributed by atoms with van der Waals surface area (Å²) in [6, 6.07) is 55.6. The molecule has 0 atom stereocenters. The summed E-state index contributed by atoms with van der Waals surface area (Å²) in [6.07, 6.45) is 0. The van der Waals surface area contributed by atoms with Crippen LogP contribution in [0.2, 0.25) is 0 Å². The van der Waals surface area contributed by atoms with E-state index in [4.69, 9.17) is 15.0 Å². The Labute approximate surface area is 296 Å². The zero-order valence-corrected chi connectivity index (χ0v) is 28.0. The molecule has 0 fully saturated rings. The Bertz CT molecular complexity index is 3050. The lowest BCUT2D eigenvalue weighted by Crippen LogP contribution is -2.14. The molecule has 0 spiro atoms. The maximum Gasteiger partial charge on any atom is 0.235 e. The molecule has 0 saturated heterocycles. The highest BCUT2D eigenvalue weighted by Crippen LogP contribution is 2.45. The topological polar surface area (TPSA) is 46.3 Å². The lowest BCUT2D eigenvalue weighted by molar-refractivity contribution is 1.11. The highest BCUT2D eigenvalue weighted by Gasteiger charge is 2.22. The lowest BCUT2D eigenvalue weighted by atomic mass is 9.98. The van der Waals surface area contributed by atoms with Gasteiger partial charge in [0, 0.05) is 43.9 Å². The summed E-state index contributed by atoms with van der Waals surface area (Å²) < 4.78 is 3.67. The van der Waals surface area contributed by atoms with Crippen molar-refractivity contribution in [2.45, 2.75) is 0 Å². The predicted octanol–water partition coefficient (Wildman–Crippen LogP) is 12.2. The second kappa shape index (κ2) is 10.9. The Morgan fingerprint density at radius 2 is 1.18 bits per heavy atom. The first kappa shape index (κ1) is 28.2. The van der Waals surface area contributed by atoms with E-state index in [2.05, 4.69) is 125 Å². The summed E-state index contributed by atoms with van der Waals surface area (Å²) >= 11 is 1.72. The Kier molecular flexibility index (Phi) is 6.05. The van der Waals surface area contributed by atoms with E-state index >= 15 is 0 Å². The van der Waals surface area contributed by atoms with Gasteiger partial charge < -0.3 is 4.40 Å². The number of hydrogen-bond donors (Lipinski definition) is 0. The van der Waals surface area contributed by atoms with Crippen LogP contribution in [0.15, 0.2) is 163 Å². The third kappa shape index (κ3) is 4.24. The minimum Gasteiger partial charge on any atom is -0.308 e. The molecular weight excluding hydrogens is 643 g/mol. The smallest absolute Gasteiger partial charge is 0.235 e. The molecule has 4 aromatic heterocycles. The molecule has 7 aromatic carbocycles. The first-order valence-electron chi connectivity index (χ1n) is 17.0. The van der Waals surface area contributed by atoms with Crippen LogP contribution in [0.4, 0.5) is 17.3 Å². The number of para-hydroxylation sites is 4. The van der Waals surface area contributed by atoms with Gasteiger partial charge in [-0.15, -0.1) is 11.3 Å². The molecule has 0 radical (unpaired) electrons. The van der Waals surface area contributed by atoms with E-state index in [-0.39, 0.29) is 0 Å². The zero-order chi connectivity index (χ0) is 33.5. The average molecular weight is 670 g/mol. The van der Waals surface area contributed by atoms with E-state index in [0.717, 1.165) is 50.2 Å². The first-order valence-corrected chi connectivity index (χ1v) is 17.9. The molecule has 11 rings (SSSR count). The van der Waals surface area contributed by atoms with Crippen molar-refractivity contribution < 1.29 is 0 Å². The number of hydrogen-bond acceptors (Lipinski definition) is 5. The molecule has 51 heavy (non-hydrogen) atoms. The highest BCUT2D eigenvalue weighted by atomic mass is 32.1. The van der Waals surface area contributed by atoms with Crippen LogP contribution in [0.5, 0.6) is 0 Å². The Morgan fingerprint density at radius 1 is 0.490 bits per heavy atom. The van der Waals surface area contributed by atoms with Crippen molar-refractivity contribution in [3.8, 4) is 22.4 Å². The molecule has 0 aliphatic rings. The quantitative estimate of drug-likeness (QED) is 0.183. The monoisotopic (exact) mass is 669 g/mol. The maximum absolute atomic E-state index is 5.33. The van der Waals surface area contributed by atoms with E-state index in [1.165, 1.54) is 42.8 Å². The molecule has 0 aliphatic carbocycles. The van der Waals surface area contributed by atoms with Crippen molar-refractivity contribution in [2.24, 2.45) is 0 Å². The Hall–Kier alpha value is -6.63. The van der Waals surface area contributed by atoms with Gasteiger partial charge in [-0.2, -0.15) is 0 Å². The van der Waals surface area contributed by atoms with Crippen LogP contribution in [0.1, 0.15) is 0 Å². The SMILES string of the molecule is c1ccc(N(c2ccccc2)c2nc(-c3cccc(-c4ccc5c(c4)c4c6scnc6cc6c7ccccc7n5c64)c3)c3ccccc3n2)cc1. The van der Waals surface area contributed by atoms with Crippen molar-refractivity contribution in [1.82, 2.24) is 19.4 Å². The van der Waals surface area contributed by atoms with E-state index < -0.39 is 0 Å². The van der Waals surface area contributed by atoms with Gasteiger partial charge in [0.05, 0.1) is 43.5 Å². The van der Waals surface area contributed by atoms with Crippen LogP contribution in [0.3, 0.4) is 0 Å². The summed E-state index contributed by atoms with van der Waals surface area (Å²) in [4.78, 5) is 17.3. The molecule has 0 N–H and O–H groups in total. The molecule has 0 amide bonds. The molecule has 6 heteroatoms. The molecule has 4 heterocycles. The van der Waals surface area contributed by atoms with Crippen LogP contribution in [0, 0.1) is 0 Å². The van der Waals surface area contributed by atoms with Gasteiger partial charge >= 0.3 is 0 Å². The van der Waals surface area contributed by atoms with Crippen molar-refractivity contribution in [1.29, 1.82) is 0 Å². The number of anilines is 3. The number of nitrogens with zero attached hydrogens (tertiary/aromatic N) is 5. The molecular formula is C45H27N5S. The number of thiazole rings is 1. The Balaban J connectivity index is 1.11. The van der Waals surface area contributed by atoms with Crippen molar-refractivity contribution in [2.75, 3.05) is 4.90 Å². The minimum absolute atomic E-state index is 0.625. The summed E-state index contributed by atoms with van der Waals surface area (Å²) in [5.74, 6) is 0.625. The average Bonchev–Trinajstić information content (AvgIpc) is 3.89. The molecule has 0 unspecified atom stereocenters. The van der Waals surface area contributed by atoms with Crippen molar-refractivity contribution in [3.05, 3.63) is 163 Å². The summed E-state index contributed by atoms with van der Waals surface area (Å²) in [5, 5.41) is 6.06. The van der Waals surface area contributed by atoms with Gasteiger partial charge in [0.2, 0.25) is 5.95 Å². The predicted molar refractivity (Wildman–Crippen MR) is 213 cm³/mol. The van der Waals surface area contributed by atoms with E-state index in [1.54, 1.807) is 11.3 Å². The van der Waals surface area contributed by atoms with Crippen LogP contribution in [-0.4, -0.2) is 19.4 Å². The van der Waals surface area contributed by atoms with E-state index in [9.17, 15) is 0 Å². The van der Waals surface area contributed by atoms with Gasteiger partial charge in [0.15, 0.2) is 0 Å². The molecule has 11 aromatic rings. The molecule has 238 valence electrons. The van der Waals surface area contributed by atoms with Crippen LogP contribution in [-0.2, 0) is 0 Å². The lowest BCUT2D eigenvalue weighted by Gasteiger charge is -2.24. The summed E-state index contributed by atoms with van der Waals surface area (Å²) in [7, 11) is 0. The summed E-state index contributed by atoms with van der Waals surface area (Å²) in [6.45, 7) is 0. The fourth-order valence-corrected chi connectivity index (χ4v) is 8.65. The third-order valence-electron chi connectivity index (χ3n) is 10.1. The number of fused-ring (bicyclic) bond motifs is 9. The summed E-state index contributed by atoms with van der Waals surface area (Å²) in [5.41, 5.74) is 13.9. The second-order valence-electron chi connectivity index (χ2n) is 12.9. The van der Waals surface area contributed by atoms with Gasteiger partial charge in [-0.05, 0) is 71.8 Å². The van der Waals surface area contributed by atoms with E-state index in [1.807, 2.05) is 48.0 Å². The fourth-order valence-electron chi connectivity index (χ4n) is 7.82. The second-order valence-corrected chi connectivity index (χ2v) is 13.8. The van der Waals surface area contributed by atoms with Crippen LogP contribution < -0.4 is 4.90 Å². The van der Waals surface area contributed by atoms with Crippen molar-refractivity contribution in [3.63, 3.8) is 0 Å². The minimum atomic E-state index is 0.625. The van der Waals surface area contributed by atoms with E-state index in [0.29, 0.717) is 5.95 Å². The highest BCUT2D eigenvalue weighted by molar-refractivity contribution is 7.18. The first-order chi connectivity index (χ1) is 25.3. The number of aromatic nitrogens is 4. The fraction of sp³-hybridized carbons (Fsp3) is 0. The standard InChI is InChI=1S/C45H27N5S/c1-3-14-31(15-4-1)49(32-16-5-2-6-17-32)45-47-37-20-9-7-19-34(37)42(48-45)30-13-11-12-28(24-30)29-22-23-40-36(25-29)41-43-35(26-38-44(41)51-27-46-38)33-18-8-10-21-39(33)50(40)43/h1-27H.